The molecule has 0 bridgehead atoms. The van der Waals surface area contributed by atoms with Crippen LogP contribution in [-0.2, 0) is 20.8 Å². The Morgan fingerprint density at radius 2 is 1.65 bits per heavy atom. The Morgan fingerprint density at radius 1 is 0.923 bits per heavy atom. The Balaban J connectivity index is 1.89. The Kier molecular flexibility index (Phi) is 7.17. The molecular weight excluding hydrogens is 356 g/mol. The average Bonchev–Trinajstić information content (AvgIpc) is 2.58. The van der Waals surface area contributed by atoms with Crippen LogP contribution in [0.2, 0.25) is 5.02 Å². The van der Waals surface area contributed by atoms with Crippen LogP contribution in [0.4, 0.5) is 11.4 Å². The molecule has 0 spiro atoms. The van der Waals surface area contributed by atoms with Crippen molar-refractivity contribution in [1.82, 2.24) is 0 Å². The van der Waals surface area contributed by atoms with Gasteiger partial charge in [-0.15, -0.1) is 0 Å². The highest BCUT2D eigenvalue weighted by Crippen LogP contribution is 2.26. The van der Waals surface area contributed by atoms with E-state index in [-0.39, 0.29) is 37.5 Å². The van der Waals surface area contributed by atoms with Gasteiger partial charge >= 0.3 is 5.97 Å². The zero-order chi connectivity index (χ0) is 18.9. The minimum atomic E-state index is -0.934. The van der Waals surface area contributed by atoms with Gasteiger partial charge in [-0.05, 0) is 30.2 Å². The van der Waals surface area contributed by atoms with Gasteiger partial charge in [0.2, 0.25) is 11.8 Å². The number of aliphatic carboxylic acids is 1. The quantitative estimate of drug-likeness (QED) is 0.656. The first-order valence-electron chi connectivity index (χ1n) is 8.09. The highest BCUT2D eigenvalue weighted by molar-refractivity contribution is 6.34. The lowest BCUT2D eigenvalue weighted by Gasteiger charge is -2.10. The van der Waals surface area contributed by atoms with Gasteiger partial charge in [-0.1, -0.05) is 41.9 Å². The highest BCUT2D eigenvalue weighted by Gasteiger charge is 2.09. The first-order chi connectivity index (χ1) is 12.4. The van der Waals surface area contributed by atoms with Crippen molar-refractivity contribution < 1.29 is 19.5 Å². The number of carboxylic acids is 1. The summed E-state index contributed by atoms with van der Waals surface area (Å²) >= 11 is 6.16. The molecule has 2 rings (SSSR count). The zero-order valence-electron chi connectivity index (χ0n) is 14.0. The third-order valence-electron chi connectivity index (χ3n) is 3.53. The Bertz CT molecular complexity index is 793. The predicted octanol–water partition coefficient (Wildman–Crippen LogP) is 3.71. The fraction of sp³-hybridized carbons (Fsp3) is 0.211. The number of hydrogen-bond donors (Lipinski definition) is 3. The summed E-state index contributed by atoms with van der Waals surface area (Å²) in [6, 6.07) is 14.1. The number of hydrogen-bond acceptors (Lipinski definition) is 3. The standard InChI is InChI=1S/C19H19ClN2O4/c20-15-12-14(21-17(23)7-4-8-19(25)26)9-10-16(15)22-18(24)11-13-5-2-1-3-6-13/h1-3,5-6,9-10,12H,4,7-8,11H2,(H,21,23)(H,22,24)(H,25,26). The molecule has 6 nitrogen and oxygen atoms in total. The first-order valence-corrected chi connectivity index (χ1v) is 8.47. The molecule has 136 valence electrons. The normalized spacial score (nSPS) is 10.2. The van der Waals surface area contributed by atoms with Gasteiger partial charge in [0.1, 0.15) is 0 Å². The largest absolute Gasteiger partial charge is 0.481 e. The summed E-state index contributed by atoms with van der Waals surface area (Å²) in [6.07, 6.45) is 0.557. The van der Waals surface area contributed by atoms with Crippen LogP contribution in [0, 0.1) is 0 Å². The number of carbonyl (C=O) groups excluding carboxylic acids is 2. The summed E-state index contributed by atoms with van der Waals surface area (Å²) < 4.78 is 0. The summed E-state index contributed by atoms with van der Waals surface area (Å²) in [6.45, 7) is 0. The minimum Gasteiger partial charge on any atom is -0.481 e. The van der Waals surface area contributed by atoms with Crippen molar-refractivity contribution in [1.29, 1.82) is 0 Å². The fourth-order valence-corrected chi connectivity index (χ4v) is 2.52. The van der Waals surface area contributed by atoms with E-state index in [0.717, 1.165) is 5.56 Å². The second-order valence-corrected chi connectivity index (χ2v) is 6.11. The molecule has 0 aromatic heterocycles. The van der Waals surface area contributed by atoms with Gasteiger partial charge < -0.3 is 15.7 Å². The molecule has 0 unspecified atom stereocenters. The molecule has 0 aliphatic carbocycles. The fourth-order valence-electron chi connectivity index (χ4n) is 2.29. The molecule has 0 saturated heterocycles. The molecule has 0 fully saturated rings. The van der Waals surface area contributed by atoms with E-state index in [2.05, 4.69) is 10.6 Å². The van der Waals surface area contributed by atoms with Gasteiger partial charge in [-0.25, -0.2) is 0 Å². The first kappa shape index (κ1) is 19.5. The van der Waals surface area contributed by atoms with Gasteiger partial charge in [0, 0.05) is 18.5 Å². The van der Waals surface area contributed by atoms with Crippen molar-refractivity contribution in [3.05, 3.63) is 59.1 Å². The average molecular weight is 375 g/mol. The summed E-state index contributed by atoms with van der Waals surface area (Å²) in [5.74, 6) is -1.41. The van der Waals surface area contributed by atoms with Crippen molar-refractivity contribution in [2.75, 3.05) is 10.6 Å². The molecule has 2 amide bonds. The Hall–Kier alpha value is -2.86. The van der Waals surface area contributed by atoms with Crippen molar-refractivity contribution >= 4 is 40.8 Å². The monoisotopic (exact) mass is 374 g/mol. The van der Waals surface area contributed by atoms with Crippen LogP contribution in [0.1, 0.15) is 24.8 Å². The molecular formula is C19H19ClN2O4. The topological polar surface area (TPSA) is 95.5 Å². The molecule has 26 heavy (non-hydrogen) atoms. The summed E-state index contributed by atoms with van der Waals surface area (Å²) in [4.78, 5) is 34.3. The molecule has 0 aliphatic heterocycles. The van der Waals surface area contributed by atoms with Crippen molar-refractivity contribution in [3.63, 3.8) is 0 Å². The molecule has 0 atom stereocenters. The molecule has 2 aromatic carbocycles. The lowest BCUT2D eigenvalue weighted by Crippen LogP contribution is -2.15. The van der Waals surface area contributed by atoms with Crippen molar-refractivity contribution in [2.45, 2.75) is 25.7 Å². The number of anilines is 2. The van der Waals surface area contributed by atoms with E-state index >= 15 is 0 Å². The van der Waals surface area contributed by atoms with Gasteiger partial charge in [0.25, 0.3) is 0 Å². The predicted molar refractivity (Wildman–Crippen MR) is 100 cm³/mol. The van der Waals surface area contributed by atoms with Crippen LogP contribution in [0.3, 0.4) is 0 Å². The minimum absolute atomic E-state index is 0.0550. The van der Waals surface area contributed by atoms with Crippen molar-refractivity contribution in [2.24, 2.45) is 0 Å². The van der Waals surface area contributed by atoms with E-state index in [4.69, 9.17) is 16.7 Å². The van der Waals surface area contributed by atoms with Crippen molar-refractivity contribution in [3.8, 4) is 0 Å². The second-order valence-electron chi connectivity index (χ2n) is 5.70. The van der Waals surface area contributed by atoms with Gasteiger partial charge in [-0.2, -0.15) is 0 Å². The zero-order valence-corrected chi connectivity index (χ0v) is 14.8. The van der Waals surface area contributed by atoms with Crippen LogP contribution in [-0.4, -0.2) is 22.9 Å². The van der Waals surface area contributed by atoms with E-state index in [1.807, 2.05) is 30.3 Å². The van der Waals surface area contributed by atoms with E-state index in [1.165, 1.54) is 6.07 Å². The molecule has 7 heteroatoms. The maximum atomic E-state index is 12.1. The maximum absolute atomic E-state index is 12.1. The molecule has 2 aromatic rings. The van der Waals surface area contributed by atoms with E-state index in [9.17, 15) is 14.4 Å². The summed E-state index contributed by atoms with van der Waals surface area (Å²) in [5, 5.41) is 14.3. The van der Waals surface area contributed by atoms with Gasteiger partial charge in [-0.3, -0.25) is 14.4 Å². The smallest absolute Gasteiger partial charge is 0.303 e. The van der Waals surface area contributed by atoms with E-state index < -0.39 is 5.97 Å². The number of carbonyl (C=O) groups is 3. The Labute approximate surface area is 156 Å². The third-order valence-corrected chi connectivity index (χ3v) is 3.84. The third kappa shape index (κ3) is 6.57. The highest BCUT2D eigenvalue weighted by atomic mass is 35.5. The van der Waals surface area contributed by atoms with Gasteiger partial charge in [0.15, 0.2) is 0 Å². The lowest BCUT2D eigenvalue weighted by atomic mass is 10.1. The number of nitrogens with one attached hydrogen (secondary N) is 2. The Morgan fingerprint density at radius 3 is 2.31 bits per heavy atom. The van der Waals surface area contributed by atoms with Crippen LogP contribution in [0.5, 0.6) is 0 Å². The SMILES string of the molecule is O=C(O)CCCC(=O)Nc1ccc(NC(=O)Cc2ccccc2)c(Cl)c1. The molecule has 0 radical (unpaired) electrons. The van der Waals surface area contributed by atoms with Crippen LogP contribution in [0.25, 0.3) is 0 Å². The molecule has 0 aliphatic rings. The maximum Gasteiger partial charge on any atom is 0.303 e. The number of halogens is 1. The number of carboxylic acid groups (broad SMARTS) is 1. The van der Waals surface area contributed by atoms with Crippen LogP contribution < -0.4 is 10.6 Å². The lowest BCUT2D eigenvalue weighted by molar-refractivity contribution is -0.137. The van der Waals surface area contributed by atoms with E-state index in [0.29, 0.717) is 16.4 Å². The van der Waals surface area contributed by atoms with Crippen LogP contribution in [0.15, 0.2) is 48.5 Å². The van der Waals surface area contributed by atoms with E-state index in [1.54, 1.807) is 12.1 Å². The van der Waals surface area contributed by atoms with Gasteiger partial charge in [0.05, 0.1) is 17.1 Å². The second kappa shape index (κ2) is 9.58. The van der Waals surface area contributed by atoms with Crippen LogP contribution >= 0.6 is 11.6 Å². The molecule has 0 saturated carbocycles. The molecule has 3 N–H and O–H groups in total. The number of amides is 2. The molecule has 0 heterocycles. The summed E-state index contributed by atoms with van der Waals surface area (Å²) in [7, 11) is 0. The summed E-state index contributed by atoms with van der Waals surface area (Å²) in [5.41, 5.74) is 1.83. The number of benzene rings is 2. The number of rotatable bonds is 8.